The number of carbonyl (C=O) groups excluding carboxylic acids is 2. The molecule has 0 N–H and O–H groups in total. The Labute approximate surface area is 128 Å². The number of hydrogen-bond donors (Lipinski definition) is 0. The van der Waals surface area contributed by atoms with Gasteiger partial charge in [0, 0.05) is 6.61 Å². The Morgan fingerprint density at radius 3 is 1.67 bits per heavy atom. The van der Waals surface area contributed by atoms with E-state index in [1.54, 1.807) is 13.8 Å². The van der Waals surface area contributed by atoms with Gasteiger partial charge in [0.25, 0.3) is 0 Å². The first-order valence-corrected chi connectivity index (χ1v) is 7.60. The van der Waals surface area contributed by atoms with Gasteiger partial charge >= 0.3 is 11.9 Å². The number of rotatable bonds is 8. The first kappa shape index (κ1) is 19.9. The minimum absolute atomic E-state index is 0.229. The summed E-state index contributed by atoms with van der Waals surface area (Å²) >= 11 is 0. The molecule has 0 atom stereocenters. The van der Waals surface area contributed by atoms with Gasteiger partial charge in [-0.15, -0.1) is 0 Å². The van der Waals surface area contributed by atoms with E-state index in [9.17, 15) is 9.59 Å². The molecule has 21 heavy (non-hydrogen) atoms. The molecule has 5 heteroatoms. The van der Waals surface area contributed by atoms with Gasteiger partial charge in [0.05, 0.1) is 18.8 Å². The fourth-order valence-electron chi connectivity index (χ4n) is 2.09. The molecule has 0 unspecified atom stereocenters. The number of esters is 2. The topological polar surface area (TPSA) is 61.8 Å². The zero-order chi connectivity index (χ0) is 16.7. The minimum atomic E-state index is -1.31. The van der Waals surface area contributed by atoms with Crippen molar-refractivity contribution in [3.8, 4) is 0 Å². The molecule has 0 aliphatic heterocycles. The van der Waals surface area contributed by atoms with Crippen molar-refractivity contribution in [2.45, 2.75) is 60.5 Å². The molecule has 0 bridgehead atoms. The Morgan fingerprint density at radius 1 is 0.952 bits per heavy atom. The highest BCUT2D eigenvalue weighted by Gasteiger charge is 2.51. The second-order valence-corrected chi connectivity index (χ2v) is 6.28. The van der Waals surface area contributed by atoms with E-state index >= 15 is 0 Å². The lowest BCUT2D eigenvalue weighted by molar-refractivity contribution is -0.178. The van der Waals surface area contributed by atoms with E-state index in [1.165, 1.54) is 0 Å². The summed E-state index contributed by atoms with van der Waals surface area (Å²) in [5.74, 6) is -1.30. The SMILES string of the molecule is CCOC(=O)C(CCOC(C)(C)C)(C(=O)OCC)C(C)C. The zero-order valence-electron chi connectivity index (χ0n) is 14.4. The van der Waals surface area contributed by atoms with E-state index < -0.39 is 17.4 Å². The van der Waals surface area contributed by atoms with Crippen LogP contribution in [0.2, 0.25) is 0 Å². The second kappa shape index (κ2) is 8.37. The lowest BCUT2D eigenvalue weighted by atomic mass is 9.74. The highest BCUT2D eigenvalue weighted by Crippen LogP contribution is 2.35. The van der Waals surface area contributed by atoms with Gasteiger partial charge < -0.3 is 14.2 Å². The molecular formula is C16H30O5. The van der Waals surface area contributed by atoms with Crippen LogP contribution < -0.4 is 0 Å². The maximum absolute atomic E-state index is 12.4. The van der Waals surface area contributed by atoms with Crippen molar-refractivity contribution < 1.29 is 23.8 Å². The van der Waals surface area contributed by atoms with Crippen LogP contribution in [0.1, 0.15) is 54.9 Å². The fourth-order valence-corrected chi connectivity index (χ4v) is 2.09. The number of hydrogen-bond acceptors (Lipinski definition) is 5. The molecule has 5 nitrogen and oxygen atoms in total. The first-order chi connectivity index (χ1) is 9.61. The van der Waals surface area contributed by atoms with Crippen molar-refractivity contribution in [1.29, 1.82) is 0 Å². The highest BCUT2D eigenvalue weighted by molar-refractivity contribution is 6.00. The van der Waals surface area contributed by atoms with E-state index in [2.05, 4.69) is 0 Å². The van der Waals surface area contributed by atoms with Crippen LogP contribution >= 0.6 is 0 Å². The molecule has 0 aromatic rings. The summed E-state index contributed by atoms with van der Waals surface area (Å²) < 4.78 is 15.9. The Balaban J connectivity index is 5.28. The van der Waals surface area contributed by atoms with E-state index in [0.29, 0.717) is 6.61 Å². The summed E-state index contributed by atoms with van der Waals surface area (Å²) in [5.41, 5.74) is -1.64. The van der Waals surface area contributed by atoms with Gasteiger partial charge in [0.2, 0.25) is 0 Å². The maximum atomic E-state index is 12.4. The molecular weight excluding hydrogens is 272 g/mol. The summed E-state index contributed by atoms with van der Waals surface area (Å²) in [5, 5.41) is 0. The molecule has 0 aromatic carbocycles. The van der Waals surface area contributed by atoms with Crippen molar-refractivity contribution in [2.24, 2.45) is 11.3 Å². The lowest BCUT2D eigenvalue weighted by Gasteiger charge is -2.33. The van der Waals surface area contributed by atoms with Gasteiger partial charge in [0.1, 0.15) is 0 Å². The van der Waals surface area contributed by atoms with Gasteiger partial charge in [0.15, 0.2) is 5.41 Å². The van der Waals surface area contributed by atoms with E-state index in [0.717, 1.165) is 0 Å². The monoisotopic (exact) mass is 302 g/mol. The summed E-state index contributed by atoms with van der Waals surface area (Å²) in [6.45, 7) is 13.6. The predicted octanol–water partition coefficient (Wildman–Crippen LogP) is 2.96. The van der Waals surface area contributed by atoms with Crippen LogP contribution in [0, 0.1) is 11.3 Å². The number of carbonyl (C=O) groups is 2. The van der Waals surface area contributed by atoms with E-state index in [4.69, 9.17) is 14.2 Å². The number of ether oxygens (including phenoxy) is 3. The first-order valence-electron chi connectivity index (χ1n) is 7.60. The molecule has 0 aromatic heterocycles. The smallest absolute Gasteiger partial charge is 0.323 e. The van der Waals surface area contributed by atoms with Crippen molar-refractivity contribution in [3.63, 3.8) is 0 Å². The van der Waals surface area contributed by atoms with Crippen LogP contribution in [0.15, 0.2) is 0 Å². The van der Waals surface area contributed by atoms with E-state index in [1.807, 2.05) is 34.6 Å². The average molecular weight is 302 g/mol. The van der Waals surface area contributed by atoms with Crippen LogP contribution in [0.3, 0.4) is 0 Å². The normalized spacial score (nSPS) is 12.4. The second-order valence-electron chi connectivity index (χ2n) is 6.28. The molecule has 0 saturated heterocycles. The lowest BCUT2D eigenvalue weighted by Crippen LogP contribution is -2.47. The van der Waals surface area contributed by atoms with Gasteiger partial charge in [-0.2, -0.15) is 0 Å². The summed E-state index contributed by atoms with van der Waals surface area (Å²) in [4.78, 5) is 24.8. The molecule has 0 aliphatic rings. The molecule has 0 aliphatic carbocycles. The van der Waals surface area contributed by atoms with Crippen molar-refractivity contribution in [2.75, 3.05) is 19.8 Å². The zero-order valence-corrected chi connectivity index (χ0v) is 14.4. The largest absolute Gasteiger partial charge is 0.465 e. The molecule has 0 radical (unpaired) electrons. The average Bonchev–Trinajstić information content (AvgIpc) is 2.33. The summed E-state index contributed by atoms with van der Waals surface area (Å²) in [6, 6.07) is 0. The quantitative estimate of drug-likeness (QED) is 0.509. The summed E-state index contributed by atoms with van der Waals surface area (Å²) in [7, 11) is 0. The highest BCUT2D eigenvalue weighted by atomic mass is 16.6. The Bertz CT molecular complexity index is 323. The standard InChI is InChI=1S/C16H30O5/c1-8-19-13(17)16(12(3)4,14(18)20-9-2)10-11-21-15(5,6)7/h12H,8-11H2,1-7H3. The fraction of sp³-hybridized carbons (Fsp3) is 0.875. The van der Waals surface area contributed by atoms with Crippen LogP contribution in [-0.2, 0) is 23.8 Å². The molecule has 0 amide bonds. The maximum Gasteiger partial charge on any atom is 0.323 e. The molecule has 0 rings (SSSR count). The van der Waals surface area contributed by atoms with Crippen LogP contribution in [0.4, 0.5) is 0 Å². The van der Waals surface area contributed by atoms with Crippen LogP contribution in [-0.4, -0.2) is 37.4 Å². The predicted molar refractivity (Wildman–Crippen MR) is 80.9 cm³/mol. The Morgan fingerprint density at radius 2 is 1.38 bits per heavy atom. The molecule has 0 saturated carbocycles. The minimum Gasteiger partial charge on any atom is -0.465 e. The third-order valence-corrected chi connectivity index (χ3v) is 3.30. The van der Waals surface area contributed by atoms with Crippen molar-refractivity contribution >= 4 is 11.9 Å². The summed E-state index contributed by atoms with van der Waals surface area (Å²) in [6.07, 6.45) is 0.250. The Kier molecular flexibility index (Phi) is 7.93. The molecule has 124 valence electrons. The van der Waals surface area contributed by atoms with Crippen LogP contribution in [0.5, 0.6) is 0 Å². The molecule has 0 fully saturated rings. The molecule has 0 spiro atoms. The molecule has 0 heterocycles. The van der Waals surface area contributed by atoms with Crippen molar-refractivity contribution in [1.82, 2.24) is 0 Å². The Hall–Kier alpha value is -1.10. The van der Waals surface area contributed by atoms with E-state index in [-0.39, 0.29) is 31.2 Å². The van der Waals surface area contributed by atoms with Gasteiger partial charge in [-0.3, -0.25) is 9.59 Å². The third-order valence-electron chi connectivity index (χ3n) is 3.30. The van der Waals surface area contributed by atoms with Crippen LogP contribution in [0.25, 0.3) is 0 Å². The van der Waals surface area contributed by atoms with Gasteiger partial charge in [-0.1, -0.05) is 13.8 Å². The van der Waals surface area contributed by atoms with Crippen molar-refractivity contribution in [3.05, 3.63) is 0 Å². The third kappa shape index (κ3) is 5.65. The van der Waals surface area contributed by atoms with Gasteiger partial charge in [-0.05, 0) is 47.0 Å². The van der Waals surface area contributed by atoms with Gasteiger partial charge in [-0.25, -0.2) is 0 Å².